The van der Waals surface area contributed by atoms with Gasteiger partial charge in [-0.3, -0.25) is 0 Å². The Morgan fingerprint density at radius 3 is 2.69 bits per heavy atom. The summed E-state index contributed by atoms with van der Waals surface area (Å²) in [5, 5.41) is 0. The van der Waals surface area contributed by atoms with Gasteiger partial charge in [0.15, 0.2) is 0 Å². The highest BCUT2D eigenvalue weighted by atomic mass is 35.5. The molecule has 0 spiro atoms. The van der Waals surface area contributed by atoms with Gasteiger partial charge in [-0.25, -0.2) is 0 Å². The largest absolute Gasteiger partial charge is 0.125 e. The quantitative estimate of drug-likeness (QED) is 0.429. The Kier molecular flexibility index (Phi) is 1.15. The lowest BCUT2D eigenvalue weighted by Gasteiger charge is -2.25. The number of alkyl halides is 2. The molecular weight excluding hydrogens is 203 g/mol. The molecule has 0 amide bonds. The van der Waals surface area contributed by atoms with Crippen LogP contribution in [0.1, 0.15) is 12.8 Å². The number of hydrogen-bond acceptors (Lipinski definition) is 0. The summed E-state index contributed by atoms with van der Waals surface area (Å²) in [7, 11) is 0. The minimum absolute atomic E-state index is 0.334. The molecule has 4 rings (SSSR count). The highest BCUT2D eigenvalue weighted by Gasteiger charge is 2.74. The molecule has 0 unspecified atom stereocenters. The lowest BCUT2D eigenvalue weighted by molar-refractivity contribution is 0.310. The van der Waals surface area contributed by atoms with E-state index in [1.54, 1.807) is 0 Å². The Balaban J connectivity index is 1.74. The first-order chi connectivity index (χ1) is 6.19. The fourth-order valence-electron chi connectivity index (χ4n) is 4.37. The van der Waals surface area contributed by atoms with Crippen LogP contribution in [0, 0.1) is 35.5 Å². The molecule has 4 aliphatic rings. The van der Waals surface area contributed by atoms with Crippen molar-refractivity contribution < 1.29 is 0 Å². The van der Waals surface area contributed by atoms with Gasteiger partial charge >= 0.3 is 0 Å². The van der Waals surface area contributed by atoms with Crippen LogP contribution in [-0.4, -0.2) is 4.33 Å². The van der Waals surface area contributed by atoms with Crippen LogP contribution < -0.4 is 0 Å². The van der Waals surface area contributed by atoms with Crippen LogP contribution in [0.2, 0.25) is 0 Å². The van der Waals surface area contributed by atoms with Gasteiger partial charge in [0.1, 0.15) is 4.33 Å². The van der Waals surface area contributed by atoms with Crippen LogP contribution >= 0.6 is 23.2 Å². The van der Waals surface area contributed by atoms with Crippen LogP contribution in [-0.2, 0) is 0 Å². The SMILES string of the molecule is ClC1(Cl)[C@@H]2[C@H]3[C@H](C[C@H]21)[C@H]1C=C[C@H]3C1. The molecule has 0 nitrogen and oxygen atoms in total. The summed E-state index contributed by atoms with van der Waals surface area (Å²) < 4.78 is -0.334. The predicted molar refractivity (Wildman–Crippen MR) is 53.8 cm³/mol. The van der Waals surface area contributed by atoms with E-state index < -0.39 is 0 Å². The van der Waals surface area contributed by atoms with Crippen molar-refractivity contribution in [2.45, 2.75) is 17.2 Å². The number of fused-ring (bicyclic) bond motifs is 7. The Morgan fingerprint density at radius 2 is 1.85 bits per heavy atom. The third kappa shape index (κ3) is 0.699. The molecule has 4 aliphatic carbocycles. The van der Waals surface area contributed by atoms with E-state index in [2.05, 4.69) is 12.2 Å². The summed E-state index contributed by atoms with van der Waals surface area (Å²) in [5.74, 6) is 4.76. The van der Waals surface area contributed by atoms with E-state index in [1.165, 1.54) is 12.8 Å². The zero-order chi connectivity index (χ0) is 8.79. The number of halogens is 2. The molecule has 6 atom stereocenters. The van der Waals surface area contributed by atoms with Gasteiger partial charge in [-0.2, -0.15) is 0 Å². The maximum atomic E-state index is 6.25. The van der Waals surface area contributed by atoms with Crippen LogP contribution in [0.4, 0.5) is 0 Å². The summed E-state index contributed by atoms with van der Waals surface area (Å²) in [5.41, 5.74) is 0. The molecule has 2 bridgehead atoms. The van der Waals surface area contributed by atoms with Crippen molar-refractivity contribution in [2.75, 3.05) is 0 Å². The lowest BCUT2D eigenvalue weighted by Crippen LogP contribution is -2.21. The molecule has 2 heteroatoms. The lowest BCUT2D eigenvalue weighted by atomic mass is 9.82. The second kappa shape index (κ2) is 1.97. The second-order valence-electron chi connectivity index (χ2n) is 5.23. The summed E-state index contributed by atoms with van der Waals surface area (Å²) in [6.07, 6.45) is 7.54. The predicted octanol–water partition coefficient (Wildman–Crippen LogP) is 3.25. The molecule has 0 heterocycles. The molecular formula is C11H12Cl2. The molecule has 0 aromatic carbocycles. The maximum Gasteiger partial charge on any atom is 0.125 e. The van der Waals surface area contributed by atoms with E-state index in [0.29, 0.717) is 11.8 Å². The first kappa shape index (κ1) is 7.59. The van der Waals surface area contributed by atoms with Crippen molar-refractivity contribution in [3.8, 4) is 0 Å². The minimum atomic E-state index is -0.334. The minimum Gasteiger partial charge on any atom is -0.101 e. The van der Waals surface area contributed by atoms with Gasteiger partial charge < -0.3 is 0 Å². The van der Waals surface area contributed by atoms with Gasteiger partial charge in [0, 0.05) is 5.92 Å². The molecule has 0 aliphatic heterocycles. The van der Waals surface area contributed by atoms with Crippen molar-refractivity contribution >= 4 is 23.2 Å². The van der Waals surface area contributed by atoms with E-state index in [4.69, 9.17) is 23.2 Å². The summed E-state index contributed by atoms with van der Waals surface area (Å²) in [6.45, 7) is 0. The van der Waals surface area contributed by atoms with Gasteiger partial charge in [0.05, 0.1) is 0 Å². The normalized spacial score (nSPS) is 63.8. The highest BCUT2D eigenvalue weighted by Crippen LogP contribution is 2.76. The smallest absolute Gasteiger partial charge is 0.101 e. The molecule has 0 saturated heterocycles. The van der Waals surface area contributed by atoms with Crippen molar-refractivity contribution in [3.05, 3.63) is 12.2 Å². The molecule has 0 aromatic heterocycles. The average molecular weight is 215 g/mol. The third-order valence-corrected chi connectivity index (χ3v) is 5.96. The van der Waals surface area contributed by atoms with E-state index in [-0.39, 0.29) is 4.33 Å². The zero-order valence-electron chi connectivity index (χ0n) is 7.29. The molecule has 0 aromatic rings. The number of rotatable bonds is 0. The zero-order valence-corrected chi connectivity index (χ0v) is 8.80. The Hall–Kier alpha value is 0.320. The van der Waals surface area contributed by atoms with Crippen LogP contribution in [0.5, 0.6) is 0 Å². The Bertz CT molecular complexity index is 307. The first-order valence-electron chi connectivity index (χ1n) is 5.25. The van der Waals surface area contributed by atoms with E-state index in [0.717, 1.165) is 23.7 Å². The average Bonchev–Trinajstić information content (AvgIpc) is 2.58. The van der Waals surface area contributed by atoms with Crippen molar-refractivity contribution in [3.63, 3.8) is 0 Å². The summed E-state index contributed by atoms with van der Waals surface area (Å²) in [4.78, 5) is 0. The first-order valence-corrected chi connectivity index (χ1v) is 6.01. The van der Waals surface area contributed by atoms with Crippen LogP contribution in [0.3, 0.4) is 0 Å². The topological polar surface area (TPSA) is 0 Å². The summed E-state index contributed by atoms with van der Waals surface area (Å²) in [6, 6.07) is 0. The van der Waals surface area contributed by atoms with E-state index in [1.807, 2.05) is 0 Å². The molecule has 0 radical (unpaired) electrons. The van der Waals surface area contributed by atoms with E-state index in [9.17, 15) is 0 Å². The standard InChI is InChI=1S/C11H12Cl2/c12-11(13)8-4-7-5-1-2-6(3-5)9(7)10(8)11/h1-2,5-10H,3-4H2/t5-,6-,7+,8+,9+,10-/m0/s1. The van der Waals surface area contributed by atoms with Gasteiger partial charge in [-0.15, -0.1) is 23.2 Å². The van der Waals surface area contributed by atoms with Gasteiger partial charge in [-0.05, 0) is 42.4 Å². The van der Waals surface area contributed by atoms with Crippen LogP contribution in [0.25, 0.3) is 0 Å². The van der Waals surface area contributed by atoms with Crippen molar-refractivity contribution in [1.29, 1.82) is 0 Å². The third-order valence-electron chi connectivity index (χ3n) is 4.89. The Morgan fingerprint density at radius 1 is 1.08 bits per heavy atom. The fourth-order valence-corrected chi connectivity index (χ4v) is 5.28. The van der Waals surface area contributed by atoms with Crippen LogP contribution in [0.15, 0.2) is 12.2 Å². The maximum absolute atomic E-state index is 6.25. The molecule has 0 N–H and O–H groups in total. The van der Waals surface area contributed by atoms with E-state index >= 15 is 0 Å². The highest BCUT2D eigenvalue weighted by molar-refractivity contribution is 6.51. The molecule has 3 saturated carbocycles. The van der Waals surface area contributed by atoms with Gasteiger partial charge in [0.2, 0.25) is 0 Å². The summed E-state index contributed by atoms with van der Waals surface area (Å²) >= 11 is 12.5. The van der Waals surface area contributed by atoms with Gasteiger partial charge in [0.25, 0.3) is 0 Å². The van der Waals surface area contributed by atoms with Crippen molar-refractivity contribution in [2.24, 2.45) is 35.5 Å². The monoisotopic (exact) mass is 214 g/mol. The molecule has 3 fully saturated rings. The van der Waals surface area contributed by atoms with Gasteiger partial charge in [-0.1, -0.05) is 12.2 Å². The van der Waals surface area contributed by atoms with Crippen molar-refractivity contribution in [1.82, 2.24) is 0 Å². The molecule has 70 valence electrons. The molecule has 13 heavy (non-hydrogen) atoms. The fraction of sp³-hybridized carbons (Fsp3) is 0.818. The number of hydrogen-bond donors (Lipinski definition) is 0. The second-order valence-corrected chi connectivity index (χ2v) is 6.68. The Labute approximate surface area is 88.3 Å². The number of allylic oxidation sites excluding steroid dienone is 2.